The monoisotopic (exact) mass is 470 g/mol. The molecular weight excluding hydrogens is 436 g/mol. The Hall–Kier alpha value is -2.55. The van der Waals surface area contributed by atoms with Crippen LogP contribution in [0.25, 0.3) is 16.1 Å². The highest BCUT2D eigenvalue weighted by molar-refractivity contribution is 7.13. The molecule has 8 heteroatoms. The van der Waals surface area contributed by atoms with Crippen molar-refractivity contribution in [2.45, 2.75) is 65.3 Å². The van der Waals surface area contributed by atoms with Gasteiger partial charge >= 0.3 is 0 Å². The van der Waals surface area contributed by atoms with Gasteiger partial charge in [-0.25, -0.2) is 4.98 Å². The average molecular weight is 471 g/mol. The number of β-amino-alcohol motifs (C(OH)–C–C–N with tert-alkyl or cyclic N) is 1. The number of rotatable bonds is 8. The maximum absolute atomic E-state index is 13.3. The number of aliphatic hydroxyl groups is 1. The molecule has 1 aliphatic rings. The van der Waals surface area contributed by atoms with E-state index in [2.05, 4.69) is 22.2 Å². The van der Waals surface area contributed by atoms with E-state index in [4.69, 9.17) is 0 Å². The van der Waals surface area contributed by atoms with Gasteiger partial charge in [-0.05, 0) is 24.0 Å². The van der Waals surface area contributed by atoms with Gasteiger partial charge in [-0.2, -0.15) is 0 Å². The molecule has 0 aliphatic carbocycles. The molecule has 1 aromatic heterocycles. The number of aromatic nitrogens is 1. The molecule has 2 amide bonds. The number of aryl methyl sites for hydroxylation is 1. The zero-order valence-electron chi connectivity index (χ0n) is 20.0. The second-order valence-corrected chi connectivity index (χ2v) is 10.1. The number of aliphatic hydroxyl groups excluding tert-OH is 1. The molecule has 1 aliphatic heterocycles. The Morgan fingerprint density at radius 1 is 1.21 bits per heavy atom. The highest BCUT2D eigenvalue weighted by Crippen LogP contribution is 2.28. The van der Waals surface area contributed by atoms with Crippen molar-refractivity contribution in [1.82, 2.24) is 20.5 Å². The highest BCUT2D eigenvalue weighted by Gasteiger charge is 2.41. The Labute approximate surface area is 199 Å². The van der Waals surface area contributed by atoms with Crippen molar-refractivity contribution in [3.05, 3.63) is 47.6 Å². The highest BCUT2D eigenvalue weighted by atomic mass is 32.1. The lowest BCUT2D eigenvalue weighted by atomic mass is 10.0. The van der Waals surface area contributed by atoms with Crippen molar-refractivity contribution >= 4 is 28.8 Å². The van der Waals surface area contributed by atoms with Crippen molar-refractivity contribution < 1.29 is 14.7 Å². The maximum Gasteiger partial charge on any atom is 0.247 e. The summed E-state index contributed by atoms with van der Waals surface area (Å²) in [6, 6.07) is 6.74. The number of carbonyl (C=O) groups is 2. The zero-order valence-corrected chi connectivity index (χ0v) is 20.8. The molecule has 0 spiro atoms. The van der Waals surface area contributed by atoms with E-state index in [0.29, 0.717) is 5.70 Å². The molecule has 178 valence electrons. The minimum atomic E-state index is -0.737. The van der Waals surface area contributed by atoms with Crippen LogP contribution in [0, 0.1) is 12.8 Å². The Bertz CT molecular complexity index is 999. The summed E-state index contributed by atoms with van der Waals surface area (Å²) in [6.45, 7) is 14.0. The van der Waals surface area contributed by atoms with E-state index >= 15 is 0 Å². The van der Waals surface area contributed by atoms with Crippen molar-refractivity contribution in [1.29, 1.82) is 0 Å². The smallest absolute Gasteiger partial charge is 0.247 e. The van der Waals surface area contributed by atoms with Gasteiger partial charge in [0.2, 0.25) is 11.8 Å². The fraction of sp³-hybridized carbons (Fsp3) is 0.480. The summed E-state index contributed by atoms with van der Waals surface area (Å²) < 4.78 is 0. The number of amides is 2. The summed E-state index contributed by atoms with van der Waals surface area (Å²) in [5, 5.41) is 16.4. The van der Waals surface area contributed by atoms with Gasteiger partial charge in [0.25, 0.3) is 0 Å². The number of hydrogen-bond acceptors (Lipinski definition) is 6. The van der Waals surface area contributed by atoms with Crippen molar-refractivity contribution in [3.63, 3.8) is 0 Å². The van der Waals surface area contributed by atoms with Gasteiger partial charge in [0.05, 0.1) is 28.2 Å². The van der Waals surface area contributed by atoms with Crippen molar-refractivity contribution in [3.8, 4) is 10.4 Å². The van der Waals surface area contributed by atoms with Crippen LogP contribution in [0.3, 0.4) is 0 Å². The maximum atomic E-state index is 13.3. The number of nitrogens with zero attached hydrogens (tertiary/aromatic N) is 2. The van der Waals surface area contributed by atoms with Gasteiger partial charge in [-0.15, -0.1) is 11.3 Å². The van der Waals surface area contributed by atoms with Crippen LogP contribution in [0.1, 0.15) is 45.4 Å². The van der Waals surface area contributed by atoms with E-state index in [-0.39, 0.29) is 36.7 Å². The number of benzene rings is 1. The third-order valence-corrected chi connectivity index (χ3v) is 6.80. The molecular formula is C25H34N4O3S. The fourth-order valence-corrected chi connectivity index (χ4v) is 4.91. The standard InChI is InChI=1S/C25H34N4O3S/c1-14(2)22(27-15(3)4)25(32)29-12-20(30)11-21(29)24(31)28-16(5)18-7-9-19(10-8-18)23-17(6)26-13-33-23/h7-10,13-15,20-22,27,30H,5,11-12H2,1-4,6H3,(H,28,31)/t20-,21+,22+/m1/s1. The summed E-state index contributed by atoms with van der Waals surface area (Å²) in [5.74, 6) is -0.443. The van der Waals surface area contributed by atoms with Gasteiger partial charge < -0.3 is 20.6 Å². The first kappa shape index (κ1) is 25.1. The van der Waals surface area contributed by atoms with E-state index in [0.717, 1.165) is 21.7 Å². The van der Waals surface area contributed by atoms with E-state index in [1.54, 1.807) is 11.3 Å². The zero-order chi connectivity index (χ0) is 24.3. The van der Waals surface area contributed by atoms with Crippen LogP contribution < -0.4 is 10.6 Å². The normalized spacial score (nSPS) is 19.2. The largest absolute Gasteiger partial charge is 0.391 e. The van der Waals surface area contributed by atoms with Gasteiger partial charge in [0.1, 0.15) is 6.04 Å². The predicted octanol–water partition coefficient (Wildman–Crippen LogP) is 3.19. The molecule has 2 aromatic rings. The summed E-state index contributed by atoms with van der Waals surface area (Å²) in [7, 11) is 0. The molecule has 1 fully saturated rings. The SMILES string of the molecule is C=C(NC(=O)[C@@H]1C[C@@H](O)CN1C(=O)[C@@H](NC(C)C)C(C)C)c1ccc(-c2scnc2C)cc1. The molecule has 3 atom stereocenters. The first-order valence-electron chi connectivity index (χ1n) is 11.3. The Morgan fingerprint density at radius 3 is 2.42 bits per heavy atom. The number of carbonyl (C=O) groups excluding carboxylic acids is 2. The van der Waals surface area contributed by atoms with E-state index in [9.17, 15) is 14.7 Å². The van der Waals surface area contributed by atoms with E-state index < -0.39 is 18.2 Å². The molecule has 1 saturated heterocycles. The molecule has 2 heterocycles. The fourth-order valence-electron chi connectivity index (χ4n) is 4.10. The molecule has 0 unspecified atom stereocenters. The molecule has 1 aromatic carbocycles. The molecule has 3 rings (SSSR count). The lowest BCUT2D eigenvalue weighted by Crippen LogP contribution is -2.55. The quantitative estimate of drug-likeness (QED) is 0.551. The van der Waals surface area contributed by atoms with Gasteiger partial charge in [-0.1, -0.05) is 58.5 Å². The Balaban J connectivity index is 1.70. The van der Waals surface area contributed by atoms with E-state index in [1.807, 2.05) is 64.4 Å². The minimum absolute atomic E-state index is 0.0528. The molecule has 33 heavy (non-hydrogen) atoms. The summed E-state index contributed by atoms with van der Waals surface area (Å²) in [4.78, 5) is 33.3. The van der Waals surface area contributed by atoms with Crippen LogP contribution in [0.5, 0.6) is 0 Å². The third kappa shape index (κ3) is 5.88. The van der Waals surface area contributed by atoms with Gasteiger partial charge in [0.15, 0.2) is 0 Å². The molecule has 0 bridgehead atoms. The van der Waals surface area contributed by atoms with Crippen LogP contribution in [0.15, 0.2) is 36.4 Å². The molecule has 0 saturated carbocycles. The van der Waals surface area contributed by atoms with Crippen LogP contribution in [0.4, 0.5) is 0 Å². The number of likely N-dealkylation sites (tertiary alicyclic amines) is 1. The lowest BCUT2D eigenvalue weighted by molar-refractivity contribution is -0.140. The number of hydrogen-bond donors (Lipinski definition) is 3. The van der Waals surface area contributed by atoms with Crippen LogP contribution >= 0.6 is 11.3 Å². The van der Waals surface area contributed by atoms with Crippen LogP contribution in [-0.2, 0) is 9.59 Å². The Kier molecular flexibility index (Phi) is 8.05. The first-order valence-corrected chi connectivity index (χ1v) is 12.2. The summed E-state index contributed by atoms with van der Waals surface area (Å²) >= 11 is 1.59. The molecule has 0 radical (unpaired) electrons. The second kappa shape index (κ2) is 10.6. The topological polar surface area (TPSA) is 94.6 Å². The van der Waals surface area contributed by atoms with Crippen LogP contribution in [-0.4, -0.2) is 57.6 Å². The Morgan fingerprint density at radius 2 is 1.88 bits per heavy atom. The molecule has 3 N–H and O–H groups in total. The van der Waals surface area contributed by atoms with E-state index in [1.165, 1.54) is 4.90 Å². The third-order valence-electron chi connectivity index (χ3n) is 5.83. The average Bonchev–Trinajstić information content (AvgIpc) is 3.36. The van der Waals surface area contributed by atoms with Crippen LogP contribution in [0.2, 0.25) is 0 Å². The molecule has 7 nitrogen and oxygen atoms in total. The van der Waals surface area contributed by atoms with Crippen molar-refractivity contribution in [2.24, 2.45) is 5.92 Å². The summed E-state index contributed by atoms with van der Waals surface area (Å²) in [5.41, 5.74) is 5.11. The lowest BCUT2D eigenvalue weighted by Gasteiger charge is -2.31. The number of nitrogens with one attached hydrogen (secondary N) is 2. The summed E-state index contributed by atoms with van der Waals surface area (Å²) in [6.07, 6.45) is -0.521. The van der Waals surface area contributed by atoms with Gasteiger partial charge in [0, 0.05) is 24.7 Å². The van der Waals surface area contributed by atoms with Crippen molar-refractivity contribution in [2.75, 3.05) is 6.54 Å². The predicted molar refractivity (Wildman–Crippen MR) is 132 cm³/mol. The minimum Gasteiger partial charge on any atom is -0.391 e. The second-order valence-electron chi connectivity index (χ2n) is 9.25. The number of thiazole rings is 1. The first-order chi connectivity index (χ1) is 15.6. The van der Waals surface area contributed by atoms with Gasteiger partial charge in [-0.3, -0.25) is 9.59 Å².